The van der Waals surface area contributed by atoms with E-state index in [0.29, 0.717) is 29.9 Å². The molecule has 1 fully saturated rings. The second-order valence-corrected chi connectivity index (χ2v) is 11.0. The molecule has 7 nitrogen and oxygen atoms in total. The third kappa shape index (κ3) is 4.43. The summed E-state index contributed by atoms with van der Waals surface area (Å²) in [5, 5.41) is 0. The third-order valence-corrected chi connectivity index (χ3v) is 8.51. The summed E-state index contributed by atoms with van der Waals surface area (Å²) < 4.78 is 26.5. The van der Waals surface area contributed by atoms with Crippen molar-refractivity contribution in [2.75, 3.05) is 30.3 Å². The summed E-state index contributed by atoms with van der Waals surface area (Å²) in [6.07, 6.45) is 1.87. The van der Waals surface area contributed by atoms with Gasteiger partial charge in [0, 0.05) is 37.8 Å². The van der Waals surface area contributed by atoms with Gasteiger partial charge in [-0.1, -0.05) is 6.07 Å². The molecule has 164 valence electrons. The van der Waals surface area contributed by atoms with Crippen LogP contribution in [0, 0.1) is 13.8 Å². The number of sulfone groups is 1. The molecule has 1 aliphatic rings. The van der Waals surface area contributed by atoms with Crippen molar-refractivity contribution in [3.63, 3.8) is 0 Å². The van der Waals surface area contributed by atoms with Crippen molar-refractivity contribution in [2.24, 2.45) is 0 Å². The molecule has 0 N–H and O–H groups in total. The molecule has 1 aromatic carbocycles. The molecule has 0 bridgehead atoms. The molecule has 0 saturated carbocycles. The van der Waals surface area contributed by atoms with Crippen LogP contribution in [-0.2, 0) is 14.6 Å². The summed E-state index contributed by atoms with van der Waals surface area (Å²) in [7, 11) is -3.57. The molecule has 9 heteroatoms. The van der Waals surface area contributed by atoms with E-state index in [-0.39, 0.29) is 29.0 Å². The number of carbonyl (C=O) groups excluding carboxylic acids is 1. The lowest BCUT2D eigenvalue weighted by Crippen LogP contribution is -2.54. The van der Waals surface area contributed by atoms with E-state index in [4.69, 9.17) is 0 Å². The van der Waals surface area contributed by atoms with Crippen LogP contribution in [0.25, 0.3) is 10.2 Å². The molecule has 1 saturated heterocycles. The van der Waals surface area contributed by atoms with Crippen molar-refractivity contribution in [3.05, 3.63) is 47.2 Å². The van der Waals surface area contributed by atoms with Gasteiger partial charge in [-0.3, -0.25) is 9.78 Å². The number of benzene rings is 1. The summed E-state index contributed by atoms with van der Waals surface area (Å²) in [5.41, 5.74) is 5.55. The Bertz CT molecular complexity index is 1220. The molecule has 0 spiro atoms. The fourth-order valence-electron chi connectivity index (χ4n) is 4.15. The predicted molar refractivity (Wildman–Crippen MR) is 123 cm³/mol. The Balaban J connectivity index is 1.41. The van der Waals surface area contributed by atoms with Gasteiger partial charge in [0.1, 0.15) is 0 Å². The van der Waals surface area contributed by atoms with Crippen molar-refractivity contribution < 1.29 is 13.2 Å². The smallest absolute Gasteiger partial charge is 0.223 e. The Hall–Kier alpha value is -2.52. The van der Waals surface area contributed by atoms with Crippen LogP contribution < -0.4 is 4.90 Å². The first kappa shape index (κ1) is 21.7. The number of nitrogens with zero attached hydrogens (tertiary/aromatic N) is 4. The molecule has 2 aromatic heterocycles. The van der Waals surface area contributed by atoms with Crippen LogP contribution in [-0.4, -0.2) is 60.6 Å². The molecule has 0 aliphatic carbocycles. The van der Waals surface area contributed by atoms with Crippen LogP contribution in [0.5, 0.6) is 0 Å². The van der Waals surface area contributed by atoms with E-state index in [9.17, 15) is 13.2 Å². The minimum atomic E-state index is -3.57. The van der Waals surface area contributed by atoms with E-state index in [1.807, 2.05) is 20.0 Å². The molecule has 3 heterocycles. The van der Waals surface area contributed by atoms with Gasteiger partial charge in [-0.05, 0) is 44.5 Å². The highest BCUT2D eigenvalue weighted by molar-refractivity contribution is 7.91. The number of thiazole rings is 1. The first-order valence-corrected chi connectivity index (χ1v) is 12.8. The highest BCUT2D eigenvalue weighted by atomic mass is 32.2. The van der Waals surface area contributed by atoms with Gasteiger partial charge in [0.05, 0.1) is 38.3 Å². The molecule has 0 unspecified atom stereocenters. The Labute approximate surface area is 186 Å². The van der Waals surface area contributed by atoms with Crippen LogP contribution in [0.2, 0.25) is 0 Å². The maximum Gasteiger partial charge on any atom is 0.223 e. The number of amides is 1. The average molecular weight is 459 g/mol. The summed E-state index contributed by atoms with van der Waals surface area (Å²) in [5.74, 6) is -0.317. The molecule has 0 radical (unpaired) electrons. The number of fused-ring (bicyclic) bond motifs is 1. The van der Waals surface area contributed by atoms with Crippen molar-refractivity contribution in [1.82, 2.24) is 14.9 Å². The quantitative estimate of drug-likeness (QED) is 0.584. The first-order chi connectivity index (χ1) is 14.8. The van der Waals surface area contributed by atoms with Crippen molar-refractivity contribution >= 4 is 43.0 Å². The van der Waals surface area contributed by atoms with Gasteiger partial charge in [0.25, 0.3) is 0 Å². The topological polar surface area (TPSA) is 83.5 Å². The Morgan fingerprint density at radius 1 is 1.23 bits per heavy atom. The second-order valence-electron chi connectivity index (χ2n) is 8.02. The predicted octanol–water partition coefficient (Wildman–Crippen LogP) is 3.21. The molecule has 1 atom stereocenters. The normalized spacial score (nSPS) is 17.3. The van der Waals surface area contributed by atoms with Crippen LogP contribution >= 0.6 is 11.3 Å². The van der Waals surface area contributed by atoms with Gasteiger partial charge < -0.3 is 9.80 Å². The number of aryl methyl sites for hydroxylation is 2. The number of hydrogen-bond acceptors (Lipinski definition) is 7. The lowest BCUT2D eigenvalue weighted by atomic mass is 10.1. The standard InChI is InChI=1S/C22H26N4O3S2/c1-15-11-16(2)23-12-19(15)25-8-9-26(17(3)13-25)21(27)7-10-31(28,29)20-6-4-5-18-22(20)30-14-24-18/h4-6,11-12,14,17H,7-10,13H2,1-3H3/t17-/m0/s1. The summed E-state index contributed by atoms with van der Waals surface area (Å²) in [6.45, 7) is 8.02. The van der Waals surface area contributed by atoms with Crippen molar-refractivity contribution in [1.29, 1.82) is 0 Å². The van der Waals surface area contributed by atoms with Gasteiger partial charge >= 0.3 is 0 Å². The van der Waals surface area contributed by atoms with Crippen LogP contribution in [0.3, 0.4) is 0 Å². The fourth-order valence-corrected chi connectivity index (χ4v) is 6.71. The van der Waals surface area contributed by atoms with E-state index in [1.165, 1.54) is 16.9 Å². The van der Waals surface area contributed by atoms with Crippen LogP contribution in [0.1, 0.15) is 24.6 Å². The number of anilines is 1. The van der Waals surface area contributed by atoms with Gasteiger partial charge in [0.15, 0.2) is 9.84 Å². The monoisotopic (exact) mass is 458 g/mol. The van der Waals surface area contributed by atoms with E-state index in [2.05, 4.69) is 27.9 Å². The largest absolute Gasteiger partial charge is 0.366 e. The number of pyridine rings is 1. The number of piperazine rings is 1. The average Bonchev–Trinajstić information content (AvgIpc) is 3.21. The number of aromatic nitrogens is 2. The number of hydrogen-bond donors (Lipinski definition) is 0. The van der Waals surface area contributed by atoms with Gasteiger partial charge in [-0.25, -0.2) is 13.4 Å². The Morgan fingerprint density at radius 3 is 2.77 bits per heavy atom. The second kappa shape index (κ2) is 8.55. The van der Waals surface area contributed by atoms with E-state index < -0.39 is 9.84 Å². The lowest BCUT2D eigenvalue weighted by molar-refractivity contribution is -0.133. The van der Waals surface area contributed by atoms with Gasteiger partial charge in [0.2, 0.25) is 5.91 Å². The molecular formula is C22H26N4O3S2. The van der Waals surface area contributed by atoms with Gasteiger partial charge in [-0.2, -0.15) is 0 Å². The third-order valence-electron chi connectivity index (χ3n) is 5.75. The highest BCUT2D eigenvalue weighted by Gasteiger charge is 2.29. The van der Waals surface area contributed by atoms with Crippen LogP contribution in [0.4, 0.5) is 5.69 Å². The number of rotatable bonds is 5. The summed E-state index contributed by atoms with van der Waals surface area (Å²) in [6, 6.07) is 7.14. The fraction of sp³-hybridized carbons (Fsp3) is 0.409. The molecule has 4 rings (SSSR count). The molecule has 31 heavy (non-hydrogen) atoms. The van der Waals surface area contributed by atoms with E-state index in [0.717, 1.165) is 11.4 Å². The zero-order valence-corrected chi connectivity index (χ0v) is 19.5. The summed E-state index contributed by atoms with van der Waals surface area (Å²) >= 11 is 1.31. The molecule has 1 amide bonds. The zero-order chi connectivity index (χ0) is 22.2. The minimum Gasteiger partial charge on any atom is -0.366 e. The van der Waals surface area contributed by atoms with Crippen LogP contribution in [0.15, 0.2) is 40.9 Å². The van der Waals surface area contributed by atoms with Gasteiger partial charge in [-0.15, -0.1) is 11.3 Å². The first-order valence-electron chi connectivity index (χ1n) is 10.3. The molecule has 3 aromatic rings. The SMILES string of the molecule is Cc1cc(C)c(N2CCN(C(=O)CCS(=O)(=O)c3cccc4ncsc34)[C@@H](C)C2)cn1. The van der Waals surface area contributed by atoms with E-state index in [1.54, 1.807) is 28.6 Å². The lowest BCUT2D eigenvalue weighted by Gasteiger charge is -2.41. The number of carbonyl (C=O) groups is 1. The maximum absolute atomic E-state index is 12.9. The zero-order valence-electron chi connectivity index (χ0n) is 17.9. The summed E-state index contributed by atoms with van der Waals surface area (Å²) in [4.78, 5) is 25.8. The molecular weight excluding hydrogens is 432 g/mol. The Kier molecular flexibility index (Phi) is 5.98. The Morgan fingerprint density at radius 2 is 2.03 bits per heavy atom. The molecule has 1 aliphatic heterocycles. The maximum atomic E-state index is 12.9. The van der Waals surface area contributed by atoms with E-state index >= 15 is 0 Å². The van der Waals surface area contributed by atoms with Crippen molar-refractivity contribution in [2.45, 2.75) is 38.1 Å². The van der Waals surface area contributed by atoms with Crippen molar-refractivity contribution in [3.8, 4) is 0 Å². The highest BCUT2D eigenvalue weighted by Crippen LogP contribution is 2.28. The minimum absolute atomic E-state index is 0.00501.